The highest BCUT2D eigenvalue weighted by atomic mass is 15.0. The van der Waals surface area contributed by atoms with Gasteiger partial charge in [-0.05, 0) is 45.5 Å². The minimum atomic E-state index is -0.265. The zero-order chi connectivity index (χ0) is 36.9. The number of nitrogens with zero attached hydrogens (tertiary/aromatic N) is 5. The van der Waals surface area contributed by atoms with Crippen molar-refractivity contribution in [2.24, 2.45) is 0 Å². The summed E-state index contributed by atoms with van der Waals surface area (Å²) in [7, 11) is 0. The topological polar surface area (TPSA) is 64.5 Å². The first-order valence-corrected chi connectivity index (χ1v) is 18.6. The molecule has 9 aromatic rings. The van der Waals surface area contributed by atoms with Gasteiger partial charge in [0.25, 0.3) is 0 Å². The van der Waals surface area contributed by atoms with E-state index >= 15 is 0 Å². The van der Waals surface area contributed by atoms with Crippen LogP contribution >= 0.6 is 0 Å². The molecule has 0 saturated carbocycles. The lowest BCUT2D eigenvalue weighted by molar-refractivity contribution is 0.660. The van der Waals surface area contributed by atoms with E-state index in [4.69, 9.17) is 24.9 Å². The highest BCUT2D eigenvalue weighted by Gasteiger charge is 2.38. The van der Waals surface area contributed by atoms with Crippen molar-refractivity contribution in [3.63, 3.8) is 0 Å². The molecule has 2 heterocycles. The van der Waals surface area contributed by atoms with Crippen molar-refractivity contribution in [1.82, 2.24) is 24.9 Å². The lowest BCUT2D eigenvalue weighted by Gasteiger charge is -2.22. The van der Waals surface area contributed by atoms with Gasteiger partial charge in [-0.15, -0.1) is 0 Å². The van der Waals surface area contributed by atoms with Gasteiger partial charge in [0.1, 0.15) is 0 Å². The van der Waals surface area contributed by atoms with E-state index in [1.54, 1.807) is 0 Å². The third-order valence-electron chi connectivity index (χ3n) is 10.8. The fraction of sp³-hybridized carbons (Fsp3) is 0.0600. The summed E-state index contributed by atoms with van der Waals surface area (Å²) in [6.45, 7) is 4.63. The fourth-order valence-corrected chi connectivity index (χ4v) is 8.01. The number of hydrogen-bond donors (Lipinski definition) is 0. The van der Waals surface area contributed by atoms with E-state index in [1.807, 2.05) is 72.8 Å². The summed E-state index contributed by atoms with van der Waals surface area (Å²) in [6.07, 6.45) is 0. The number of aromatic nitrogens is 5. The second kappa shape index (κ2) is 13.1. The van der Waals surface area contributed by atoms with Crippen LogP contribution in [0.4, 0.5) is 0 Å². The van der Waals surface area contributed by atoms with Gasteiger partial charge in [0.05, 0.1) is 11.2 Å². The van der Waals surface area contributed by atoms with Crippen LogP contribution in [-0.2, 0) is 5.41 Å². The summed E-state index contributed by atoms with van der Waals surface area (Å²) < 4.78 is 0. The number of para-hydroxylation sites is 1. The number of hydrogen-bond acceptors (Lipinski definition) is 5. The molecular weight excluding hydrogens is 671 g/mol. The lowest BCUT2D eigenvalue weighted by Crippen LogP contribution is -2.15. The molecule has 1 aliphatic carbocycles. The number of benzene rings is 7. The zero-order valence-electron chi connectivity index (χ0n) is 30.5. The molecule has 1 aliphatic rings. The van der Waals surface area contributed by atoms with Crippen LogP contribution in [0.25, 0.3) is 90.0 Å². The zero-order valence-corrected chi connectivity index (χ0v) is 30.5. The molecule has 2 aromatic heterocycles. The monoisotopic (exact) mass is 705 g/mol. The maximum atomic E-state index is 5.28. The smallest absolute Gasteiger partial charge is 0.164 e. The maximum absolute atomic E-state index is 5.28. The van der Waals surface area contributed by atoms with Crippen molar-refractivity contribution in [1.29, 1.82) is 0 Å². The van der Waals surface area contributed by atoms with E-state index in [1.165, 1.54) is 22.3 Å². The molecule has 260 valence electrons. The van der Waals surface area contributed by atoms with Gasteiger partial charge in [0, 0.05) is 38.6 Å². The van der Waals surface area contributed by atoms with E-state index in [2.05, 4.69) is 117 Å². The van der Waals surface area contributed by atoms with Gasteiger partial charge in [-0.3, -0.25) is 0 Å². The second-order valence-corrected chi connectivity index (χ2v) is 14.5. The Morgan fingerprint density at radius 2 is 0.891 bits per heavy atom. The molecule has 10 rings (SSSR count). The van der Waals surface area contributed by atoms with Crippen LogP contribution in [0.15, 0.2) is 176 Å². The summed E-state index contributed by atoms with van der Waals surface area (Å²) in [6, 6.07) is 60.8. The summed E-state index contributed by atoms with van der Waals surface area (Å²) in [5.41, 5.74) is 13.6. The third kappa shape index (κ3) is 5.60. The summed E-state index contributed by atoms with van der Waals surface area (Å²) in [5, 5.41) is 1.04. The minimum absolute atomic E-state index is 0.265. The fourth-order valence-electron chi connectivity index (χ4n) is 8.01. The van der Waals surface area contributed by atoms with Crippen molar-refractivity contribution < 1.29 is 0 Å². The van der Waals surface area contributed by atoms with Crippen LogP contribution in [0.2, 0.25) is 0 Å². The first-order valence-electron chi connectivity index (χ1n) is 18.6. The molecule has 0 bridgehead atoms. The number of rotatable bonds is 6. The Balaban J connectivity index is 1.12. The molecule has 0 spiro atoms. The third-order valence-corrected chi connectivity index (χ3v) is 10.8. The van der Waals surface area contributed by atoms with Crippen LogP contribution in [0.5, 0.6) is 0 Å². The Morgan fingerprint density at radius 3 is 1.58 bits per heavy atom. The minimum Gasteiger partial charge on any atom is -0.228 e. The molecule has 55 heavy (non-hydrogen) atoms. The van der Waals surface area contributed by atoms with E-state index in [9.17, 15) is 0 Å². The van der Waals surface area contributed by atoms with Crippen molar-refractivity contribution in [3.8, 4) is 79.1 Å². The largest absolute Gasteiger partial charge is 0.228 e. The predicted molar refractivity (Wildman–Crippen MR) is 223 cm³/mol. The van der Waals surface area contributed by atoms with Crippen LogP contribution in [0, 0.1) is 0 Å². The first-order chi connectivity index (χ1) is 27.0. The van der Waals surface area contributed by atoms with Gasteiger partial charge < -0.3 is 0 Å². The average molecular weight is 706 g/mol. The highest BCUT2D eigenvalue weighted by Crippen LogP contribution is 2.53. The molecule has 0 saturated heterocycles. The molecule has 0 aliphatic heterocycles. The molecule has 0 N–H and O–H groups in total. The van der Waals surface area contributed by atoms with Gasteiger partial charge in [0.2, 0.25) is 0 Å². The quantitative estimate of drug-likeness (QED) is 0.172. The van der Waals surface area contributed by atoms with Crippen LogP contribution in [0.1, 0.15) is 25.0 Å². The molecule has 7 aromatic carbocycles. The molecule has 0 fully saturated rings. The second-order valence-electron chi connectivity index (χ2n) is 14.5. The maximum Gasteiger partial charge on any atom is 0.164 e. The molecule has 0 radical (unpaired) electrons. The Bertz CT molecular complexity index is 2830. The van der Waals surface area contributed by atoms with Crippen LogP contribution in [-0.4, -0.2) is 24.9 Å². The Kier molecular flexibility index (Phi) is 7.74. The Labute approximate surface area is 320 Å². The molecule has 0 atom stereocenters. The Hall–Kier alpha value is -7.11. The van der Waals surface area contributed by atoms with Gasteiger partial charge in [0.15, 0.2) is 23.3 Å². The number of fused-ring (bicyclic) bond motifs is 4. The van der Waals surface area contributed by atoms with Gasteiger partial charge in [-0.2, -0.15) is 0 Å². The standard InChI is InChI=1S/C50H35N5/c1-50(2)41-27-16-26-40(49-51-43-28-15-14-25-39(43)45(52-49)32-17-6-3-7-18-32)44(41)38-30-29-35(31-42(38)50)36-23-12-13-24-37(36)48-54-46(33-19-8-4-9-20-33)53-47(55-48)34-21-10-5-11-22-34/h3-31H,1-2H3. The Morgan fingerprint density at radius 1 is 0.345 bits per heavy atom. The van der Waals surface area contributed by atoms with Gasteiger partial charge in [-0.25, -0.2) is 24.9 Å². The lowest BCUT2D eigenvalue weighted by atomic mass is 9.81. The average Bonchev–Trinajstić information content (AvgIpc) is 3.49. The normalized spacial score (nSPS) is 12.7. The van der Waals surface area contributed by atoms with Crippen molar-refractivity contribution in [2.45, 2.75) is 19.3 Å². The molecule has 5 nitrogen and oxygen atoms in total. The predicted octanol–water partition coefficient (Wildman–Crippen LogP) is 12.1. The van der Waals surface area contributed by atoms with E-state index in [-0.39, 0.29) is 5.41 Å². The van der Waals surface area contributed by atoms with Crippen molar-refractivity contribution >= 4 is 10.9 Å². The molecule has 0 unspecified atom stereocenters. The summed E-state index contributed by atoms with van der Waals surface area (Å²) in [5.74, 6) is 2.65. The highest BCUT2D eigenvalue weighted by molar-refractivity contribution is 5.97. The van der Waals surface area contributed by atoms with Crippen LogP contribution < -0.4 is 0 Å². The van der Waals surface area contributed by atoms with E-state index in [0.29, 0.717) is 17.5 Å². The van der Waals surface area contributed by atoms with E-state index < -0.39 is 0 Å². The van der Waals surface area contributed by atoms with Crippen LogP contribution in [0.3, 0.4) is 0 Å². The SMILES string of the molecule is CC1(C)c2cc(-c3ccccc3-c3nc(-c4ccccc4)nc(-c4ccccc4)n3)ccc2-c2c(-c3nc(-c4ccccc4)c4ccccc4n3)cccc21. The van der Waals surface area contributed by atoms with E-state index in [0.717, 1.165) is 61.4 Å². The molecule has 0 amide bonds. The van der Waals surface area contributed by atoms with Crippen molar-refractivity contribution in [2.75, 3.05) is 0 Å². The van der Waals surface area contributed by atoms with Gasteiger partial charge in [-0.1, -0.05) is 178 Å². The summed E-state index contributed by atoms with van der Waals surface area (Å²) in [4.78, 5) is 25.5. The van der Waals surface area contributed by atoms with Gasteiger partial charge >= 0.3 is 0 Å². The molecular formula is C50H35N5. The summed E-state index contributed by atoms with van der Waals surface area (Å²) >= 11 is 0. The molecule has 5 heteroatoms. The first kappa shape index (κ1) is 32.5. The van der Waals surface area contributed by atoms with Crippen molar-refractivity contribution in [3.05, 3.63) is 187 Å².